The lowest BCUT2D eigenvalue weighted by Crippen LogP contribution is -2.32. The number of pyridine rings is 1. The fourth-order valence-electron chi connectivity index (χ4n) is 3.13. The first-order valence-electron chi connectivity index (χ1n) is 6.84. The van der Waals surface area contributed by atoms with E-state index in [9.17, 15) is 0 Å². The van der Waals surface area contributed by atoms with Crippen LogP contribution in [0.25, 0.3) is 0 Å². The number of rotatable bonds is 4. The first kappa shape index (κ1) is 12.6. The molecule has 1 fully saturated rings. The van der Waals surface area contributed by atoms with Crippen LogP contribution in [0.3, 0.4) is 0 Å². The van der Waals surface area contributed by atoms with Crippen LogP contribution in [0, 0.1) is 17.8 Å². The Morgan fingerprint density at radius 2 is 2.18 bits per heavy atom. The molecular weight excluding hydrogens is 208 g/mol. The van der Waals surface area contributed by atoms with E-state index in [2.05, 4.69) is 36.4 Å². The fourth-order valence-corrected chi connectivity index (χ4v) is 3.13. The minimum atomic E-state index is 0.807. The Balaban J connectivity index is 1.99. The van der Waals surface area contributed by atoms with Crippen molar-refractivity contribution in [3.8, 4) is 0 Å². The molecular formula is C15H24N2. The Hall–Kier alpha value is -0.890. The smallest absolute Gasteiger partial charge is 0.0406 e. The third kappa shape index (κ3) is 3.53. The average Bonchev–Trinajstić information content (AvgIpc) is 2.34. The highest BCUT2D eigenvalue weighted by Crippen LogP contribution is 2.35. The molecule has 2 nitrogen and oxygen atoms in total. The molecule has 2 heteroatoms. The Morgan fingerprint density at radius 1 is 1.29 bits per heavy atom. The molecule has 1 aliphatic carbocycles. The molecule has 2 rings (SSSR count). The van der Waals surface area contributed by atoms with Gasteiger partial charge in [-0.2, -0.15) is 0 Å². The maximum atomic E-state index is 4.47. The maximum Gasteiger partial charge on any atom is 0.0406 e. The molecule has 0 radical (unpaired) electrons. The summed E-state index contributed by atoms with van der Waals surface area (Å²) in [4.78, 5) is 4.47. The van der Waals surface area contributed by atoms with Gasteiger partial charge in [0.1, 0.15) is 0 Å². The summed E-state index contributed by atoms with van der Waals surface area (Å²) in [6.45, 7) is 3.55. The zero-order valence-corrected chi connectivity index (χ0v) is 11.0. The highest BCUT2D eigenvalue weighted by Gasteiger charge is 2.28. The second kappa shape index (κ2) is 6.15. The first-order valence-corrected chi connectivity index (χ1v) is 6.84. The zero-order valence-electron chi connectivity index (χ0n) is 11.0. The van der Waals surface area contributed by atoms with Crippen molar-refractivity contribution in [2.24, 2.45) is 17.8 Å². The van der Waals surface area contributed by atoms with Crippen molar-refractivity contribution in [1.82, 2.24) is 10.3 Å². The van der Waals surface area contributed by atoms with Crippen molar-refractivity contribution in [2.45, 2.75) is 32.6 Å². The summed E-state index contributed by atoms with van der Waals surface area (Å²) in [7, 11) is 2.07. The maximum absolute atomic E-state index is 4.47. The van der Waals surface area contributed by atoms with E-state index < -0.39 is 0 Å². The van der Waals surface area contributed by atoms with Gasteiger partial charge >= 0.3 is 0 Å². The molecule has 0 saturated heterocycles. The third-order valence-electron chi connectivity index (χ3n) is 4.07. The van der Waals surface area contributed by atoms with Crippen LogP contribution in [-0.4, -0.2) is 18.6 Å². The van der Waals surface area contributed by atoms with Crippen LogP contribution in [0.2, 0.25) is 0 Å². The highest BCUT2D eigenvalue weighted by atomic mass is 14.8. The largest absolute Gasteiger partial charge is 0.319 e. The standard InChI is InChI=1S/C15H24N2/c1-12-6-7-13(11-16-2)14(9-12)10-15-5-3-4-8-17-15/h3-5,8,12-14,16H,6-7,9-11H2,1-2H3. The summed E-state index contributed by atoms with van der Waals surface area (Å²) in [5.41, 5.74) is 1.26. The summed E-state index contributed by atoms with van der Waals surface area (Å²) < 4.78 is 0. The predicted molar refractivity (Wildman–Crippen MR) is 71.9 cm³/mol. The molecule has 3 atom stereocenters. The lowest BCUT2D eigenvalue weighted by Gasteiger charge is -2.34. The summed E-state index contributed by atoms with van der Waals surface area (Å²) in [6.07, 6.45) is 7.19. The molecule has 0 amide bonds. The normalized spacial score (nSPS) is 29.2. The van der Waals surface area contributed by atoms with Crippen LogP contribution >= 0.6 is 0 Å². The van der Waals surface area contributed by atoms with Gasteiger partial charge in [-0.05, 0) is 62.7 Å². The Morgan fingerprint density at radius 3 is 2.88 bits per heavy atom. The lowest BCUT2D eigenvalue weighted by atomic mass is 9.72. The average molecular weight is 232 g/mol. The van der Waals surface area contributed by atoms with Crippen molar-refractivity contribution in [2.75, 3.05) is 13.6 Å². The van der Waals surface area contributed by atoms with Crippen molar-refractivity contribution in [3.63, 3.8) is 0 Å². The molecule has 1 aliphatic rings. The first-order chi connectivity index (χ1) is 8.29. The fraction of sp³-hybridized carbons (Fsp3) is 0.667. The van der Waals surface area contributed by atoms with E-state index in [1.165, 1.54) is 25.0 Å². The third-order valence-corrected chi connectivity index (χ3v) is 4.07. The van der Waals surface area contributed by atoms with Gasteiger partial charge in [-0.15, -0.1) is 0 Å². The van der Waals surface area contributed by atoms with Gasteiger partial charge in [-0.1, -0.05) is 19.4 Å². The van der Waals surface area contributed by atoms with Crippen LogP contribution in [0.5, 0.6) is 0 Å². The number of hydrogen-bond donors (Lipinski definition) is 1. The monoisotopic (exact) mass is 232 g/mol. The minimum Gasteiger partial charge on any atom is -0.319 e. The zero-order chi connectivity index (χ0) is 12.1. The van der Waals surface area contributed by atoms with Crippen LogP contribution in [0.15, 0.2) is 24.4 Å². The highest BCUT2D eigenvalue weighted by molar-refractivity contribution is 5.05. The summed E-state index contributed by atoms with van der Waals surface area (Å²) in [5, 5.41) is 3.35. The second-order valence-electron chi connectivity index (χ2n) is 5.52. The summed E-state index contributed by atoms with van der Waals surface area (Å²) >= 11 is 0. The van der Waals surface area contributed by atoms with Gasteiger partial charge in [0.2, 0.25) is 0 Å². The Kier molecular flexibility index (Phi) is 4.55. The molecule has 1 aromatic rings. The van der Waals surface area contributed by atoms with Gasteiger partial charge in [0.05, 0.1) is 0 Å². The molecule has 1 aromatic heterocycles. The van der Waals surface area contributed by atoms with Crippen LogP contribution in [0.4, 0.5) is 0 Å². The molecule has 0 spiro atoms. The van der Waals surface area contributed by atoms with E-state index in [4.69, 9.17) is 0 Å². The SMILES string of the molecule is CNCC1CCC(C)CC1Cc1ccccn1. The van der Waals surface area contributed by atoms with E-state index in [0.717, 1.165) is 30.7 Å². The Labute approximate surface area is 105 Å². The van der Waals surface area contributed by atoms with Crippen molar-refractivity contribution in [1.29, 1.82) is 0 Å². The molecule has 94 valence electrons. The lowest BCUT2D eigenvalue weighted by molar-refractivity contribution is 0.185. The number of hydrogen-bond acceptors (Lipinski definition) is 2. The number of nitrogens with zero attached hydrogens (tertiary/aromatic N) is 1. The van der Waals surface area contributed by atoms with Crippen molar-refractivity contribution >= 4 is 0 Å². The van der Waals surface area contributed by atoms with Gasteiger partial charge in [0, 0.05) is 11.9 Å². The molecule has 0 bridgehead atoms. The van der Waals surface area contributed by atoms with Crippen LogP contribution in [-0.2, 0) is 6.42 Å². The van der Waals surface area contributed by atoms with Gasteiger partial charge < -0.3 is 5.32 Å². The Bertz CT molecular complexity index is 323. The van der Waals surface area contributed by atoms with Crippen molar-refractivity contribution in [3.05, 3.63) is 30.1 Å². The topological polar surface area (TPSA) is 24.9 Å². The summed E-state index contributed by atoms with van der Waals surface area (Å²) in [6, 6.07) is 6.26. The van der Waals surface area contributed by atoms with E-state index >= 15 is 0 Å². The predicted octanol–water partition coefficient (Wildman–Crippen LogP) is 2.90. The molecule has 0 aliphatic heterocycles. The molecule has 3 unspecified atom stereocenters. The van der Waals surface area contributed by atoms with Crippen molar-refractivity contribution < 1.29 is 0 Å². The van der Waals surface area contributed by atoms with E-state index in [1.54, 1.807) is 0 Å². The van der Waals surface area contributed by atoms with Crippen LogP contribution < -0.4 is 5.32 Å². The van der Waals surface area contributed by atoms with E-state index in [-0.39, 0.29) is 0 Å². The van der Waals surface area contributed by atoms with Crippen LogP contribution in [0.1, 0.15) is 31.9 Å². The molecule has 17 heavy (non-hydrogen) atoms. The van der Waals surface area contributed by atoms with Gasteiger partial charge in [0.25, 0.3) is 0 Å². The molecule has 1 saturated carbocycles. The van der Waals surface area contributed by atoms with E-state index in [1.807, 2.05) is 12.3 Å². The van der Waals surface area contributed by atoms with Gasteiger partial charge in [-0.25, -0.2) is 0 Å². The molecule has 1 N–H and O–H groups in total. The summed E-state index contributed by atoms with van der Waals surface area (Å²) in [5.74, 6) is 2.52. The minimum absolute atomic E-state index is 0.807. The molecule has 0 aromatic carbocycles. The van der Waals surface area contributed by atoms with Gasteiger partial charge in [-0.3, -0.25) is 4.98 Å². The second-order valence-corrected chi connectivity index (χ2v) is 5.52. The number of aromatic nitrogens is 1. The molecule has 1 heterocycles. The number of nitrogens with one attached hydrogen (secondary N) is 1. The van der Waals surface area contributed by atoms with E-state index in [0.29, 0.717) is 0 Å². The van der Waals surface area contributed by atoms with Gasteiger partial charge in [0.15, 0.2) is 0 Å². The quantitative estimate of drug-likeness (QED) is 0.863.